The number of rotatable bonds is 3. The van der Waals surface area contributed by atoms with Crippen LogP contribution in [-0.2, 0) is 10.0 Å². The number of hydrogen-bond donors (Lipinski definition) is 2. The second-order valence-electron chi connectivity index (χ2n) is 4.63. The molecule has 0 aliphatic rings. The minimum atomic E-state index is -3.73. The van der Waals surface area contributed by atoms with Crippen LogP contribution >= 0.6 is 11.3 Å². The number of nitrogen functional groups attached to an aromatic ring is 1. The van der Waals surface area contributed by atoms with Gasteiger partial charge in [0, 0.05) is 0 Å². The van der Waals surface area contributed by atoms with Gasteiger partial charge in [0.15, 0.2) is 5.13 Å². The summed E-state index contributed by atoms with van der Waals surface area (Å²) in [6.45, 7) is 1.98. The summed E-state index contributed by atoms with van der Waals surface area (Å²) in [5.74, 6) is 0. The number of hydrogen-bond acceptors (Lipinski definition) is 5. The molecular weight excluding hydrogens is 306 g/mol. The molecule has 5 nitrogen and oxygen atoms in total. The number of sulfonamides is 1. The molecule has 1 heterocycles. The fraction of sp³-hybridized carbons (Fsp3) is 0.0714. The summed E-state index contributed by atoms with van der Waals surface area (Å²) in [5.41, 5.74) is 7.80. The van der Waals surface area contributed by atoms with Crippen LogP contribution in [0.1, 0.15) is 5.56 Å². The van der Waals surface area contributed by atoms with Gasteiger partial charge in [-0.15, -0.1) is 0 Å². The number of nitrogens with zero attached hydrogens (tertiary/aromatic N) is 1. The normalized spacial score (nSPS) is 11.7. The second-order valence-corrected chi connectivity index (χ2v) is 7.31. The van der Waals surface area contributed by atoms with Crippen LogP contribution in [0.15, 0.2) is 47.4 Å². The lowest BCUT2D eigenvalue weighted by atomic mass is 10.2. The third kappa shape index (κ3) is 2.70. The highest BCUT2D eigenvalue weighted by Crippen LogP contribution is 2.29. The number of fused-ring (bicyclic) bond motifs is 1. The summed E-state index contributed by atoms with van der Waals surface area (Å²) in [7, 11) is -3.73. The predicted molar refractivity (Wildman–Crippen MR) is 86.0 cm³/mol. The Bertz CT molecular complexity index is 917. The lowest BCUT2D eigenvalue weighted by Gasteiger charge is -2.07. The predicted octanol–water partition coefficient (Wildman–Crippen LogP) is 2.99. The van der Waals surface area contributed by atoms with Crippen molar-refractivity contribution in [2.75, 3.05) is 10.5 Å². The Balaban J connectivity index is 1.99. The number of thiazole rings is 1. The van der Waals surface area contributed by atoms with Crippen LogP contribution in [-0.4, -0.2) is 13.4 Å². The summed E-state index contributed by atoms with van der Waals surface area (Å²) in [5, 5.41) is 0.332. The summed E-state index contributed by atoms with van der Waals surface area (Å²) in [6, 6.07) is 12.1. The highest BCUT2D eigenvalue weighted by molar-refractivity contribution is 7.93. The van der Waals surface area contributed by atoms with Crippen molar-refractivity contribution in [3.8, 4) is 0 Å². The molecule has 3 rings (SSSR count). The van der Waals surface area contributed by atoms with E-state index >= 15 is 0 Å². The van der Waals surface area contributed by atoms with Gasteiger partial charge in [0.2, 0.25) is 0 Å². The molecule has 0 saturated carbocycles. The molecule has 0 saturated heterocycles. The van der Waals surface area contributed by atoms with Crippen molar-refractivity contribution in [3.63, 3.8) is 0 Å². The third-order valence-electron chi connectivity index (χ3n) is 2.97. The van der Waals surface area contributed by atoms with Gasteiger partial charge >= 0.3 is 0 Å². The summed E-state index contributed by atoms with van der Waals surface area (Å²) < 4.78 is 28.1. The first-order valence-electron chi connectivity index (χ1n) is 6.20. The van der Waals surface area contributed by atoms with E-state index in [1.165, 1.54) is 17.4 Å². The van der Waals surface area contributed by atoms with E-state index in [4.69, 9.17) is 5.73 Å². The molecule has 7 heteroatoms. The number of nitrogens with two attached hydrogens (primary N) is 1. The van der Waals surface area contributed by atoms with Crippen molar-refractivity contribution in [1.29, 1.82) is 0 Å². The maximum atomic E-state index is 12.3. The van der Waals surface area contributed by atoms with E-state index in [9.17, 15) is 8.42 Å². The number of anilines is 2. The minimum Gasteiger partial charge on any atom is -0.398 e. The molecule has 108 valence electrons. The van der Waals surface area contributed by atoms with E-state index in [0.717, 1.165) is 15.8 Å². The van der Waals surface area contributed by atoms with Crippen molar-refractivity contribution in [1.82, 2.24) is 4.98 Å². The molecule has 1 aromatic heterocycles. The van der Waals surface area contributed by atoms with Gasteiger partial charge in [0.05, 0.1) is 15.9 Å². The van der Waals surface area contributed by atoms with Crippen LogP contribution in [0.3, 0.4) is 0 Å². The lowest BCUT2D eigenvalue weighted by molar-refractivity contribution is 0.601. The van der Waals surface area contributed by atoms with E-state index in [1.54, 1.807) is 18.2 Å². The number of nitrogens with one attached hydrogen (secondary N) is 1. The highest BCUT2D eigenvalue weighted by Gasteiger charge is 2.18. The lowest BCUT2D eigenvalue weighted by Crippen LogP contribution is -2.14. The van der Waals surface area contributed by atoms with E-state index in [-0.39, 0.29) is 10.6 Å². The van der Waals surface area contributed by atoms with Crippen LogP contribution in [0.2, 0.25) is 0 Å². The first-order chi connectivity index (χ1) is 9.95. The van der Waals surface area contributed by atoms with Crippen molar-refractivity contribution < 1.29 is 8.42 Å². The topological polar surface area (TPSA) is 85.1 Å². The minimum absolute atomic E-state index is 0.0560. The van der Waals surface area contributed by atoms with Crippen molar-refractivity contribution >= 4 is 42.4 Å². The molecule has 0 amide bonds. The third-order valence-corrected chi connectivity index (χ3v) is 5.45. The van der Waals surface area contributed by atoms with Gasteiger partial charge in [-0.1, -0.05) is 29.5 Å². The maximum Gasteiger partial charge on any atom is 0.265 e. The van der Waals surface area contributed by atoms with Gasteiger partial charge in [-0.05, 0) is 36.8 Å². The van der Waals surface area contributed by atoms with Crippen LogP contribution in [0, 0.1) is 6.92 Å². The van der Waals surface area contributed by atoms with Gasteiger partial charge in [-0.2, -0.15) is 0 Å². The quantitative estimate of drug-likeness (QED) is 0.727. The molecule has 0 atom stereocenters. The molecule has 21 heavy (non-hydrogen) atoms. The van der Waals surface area contributed by atoms with Crippen molar-refractivity contribution in [3.05, 3.63) is 48.0 Å². The fourth-order valence-corrected chi connectivity index (χ4v) is 4.30. The van der Waals surface area contributed by atoms with Crippen LogP contribution in [0.25, 0.3) is 10.2 Å². The van der Waals surface area contributed by atoms with Crippen LogP contribution < -0.4 is 10.5 Å². The van der Waals surface area contributed by atoms with Gasteiger partial charge in [-0.25, -0.2) is 13.4 Å². The monoisotopic (exact) mass is 319 g/mol. The zero-order valence-electron chi connectivity index (χ0n) is 11.2. The zero-order chi connectivity index (χ0) is 15.0. The smallest absolute Gasteiger partial charge is 0.265 e. The Morgan fingerprint density at radius 1 is 1.19 bits per heavy atom. The molecule has 0 bridgehead atoms. The van der Waals surface area contributed by atoms with Gasteiger partial charge < -0.3 is 5.73 Å². The molecule has 0 aliphatic carbocycles. The molecule has 2 aromatic carbocycles. The first-order valence-corrected chi connectivity index (χ1v) is 8.50. The van der Waals surface area contributed by atoms with E-state index in [2.05, 4.69) is 9.71 Å². The Labute approximate surface area is 126 Å². The number of aryl methyl sites for hydroxylation is 1. The molecule has 3 N–H and O–H groups in total. The Morgan fingerprint density at radius 2 is 1.95 bits per heavy atom. The van der Waals surface area contributed by atoms with Crippen molar-refractivity contribution in [2.24, 2.45) is 0 Å². The molecule has 0 radical (unpaired) electrons. The van der Waals surface area contributed by atoms with Gasteiger partial charge in [0.25, 0.3) is 10.0 Å². The molecule has 0 spiro atoms. The average Bonchev–Trinajstić information content (AvgIpc) is 2.79. The average molecular weight is 319 g/mol. The van der Waals surface area contributed by atoms with Crippen LogP contribution in [0.4, 0.5) is 10.8 Å². The molecule has 0 fully saturated rings. The Hall–Kier alpha value is -2.12. The van der Waals surface area contributed by atoms with Gasteiger partial charge in [0.1, 0.15) is 4.90 Å². The second kappa shape index (κ2) is 5.01. The van der Waals surface area contributed by atoms with E-state index in [1.807, 2.05) is 25.1 Å². The number of aromatic nitrogens is 1. The maximum absolute atomic E-state index is 12.3. The SMILES string of the molecule is Cc1ccc2nc(NS(=O)(=O)c3ccccc3N)sc2c1. The Morgan fingerprint density at radius 3 is 2.71 bits per heavy atom. The van der Waals surface area contributed by atoms with Gasteiger partial charge in [-0.3, -0.25) is 4.72 Å². The number of para-hydroxylation sites is 1. The van der Waals surface area contributed by atoms with E-state index in [0.29, 0.717) is 5.13 Å². The fourth-order valence-electron chi connectivity index (χ4n) is 1.97. The Kier molecular flexibility index (Phi) is 3.30. The van der Waals surface area contributed by atoms with Crippen LogP contribution in [0.5, 0.6) is 0 Å². The first kappa shape index (κ1) is 13.8. The highest BCUT2D eigenvalue weighted by atomic mass is 32.2. The molecule has 0 aliphatic heterocycles. The zero-order valence-corrected chi connectivity index (χ0v) is 12.8. The van der Waals surface area contributed by atoms with E-state index < -0.39 is 10.0 Å². The summed E-state index contributed by atoms with van der Waals surface area (Å²) in [6.07, 6.45) is 0. The standard InChI is InChI=1S/C14H13N3O2S2/c1-9-6-7-11-12(8-9)20-14(16-11)17-21(18,19)13-5-3-2-4-10(13)15/h2-8H,15H2,1H3,(H,16,17). The summed E-state index contributed by atoms with van der Waals surface area (Å²) in [4.78, 5) is 4.34. The molecule has 0 unspecified atom stereocenters. The summed E-state index contributed by atoms with van der Waals surface area (Å²) >= 11 is 1.30. The molecular formula is C14H13N3O2S2. The number of benzene rings is 2. The van der Waals surface area contributed by atoms with Crippen molar-refractivity contribution in [2.45, 2.75) is 11.8 Å². The largest absolute Gasteiger partial charge is 0.398 e. The molecule has 3 aromatic rings.